The zero-order valence-electron chi connectivity index (χ0n) is 12.7. The van der Waals surface area contributed by atoms with Crippen LogP contribution in [0.15, 0.2) is 24.3 Å². The topological polar surface area (TPSA) is 69.6 Å². The van der Waals surface area contributed by atoms with E-state index >= 15 is 0 Å². The molecule has 2 rings (SSSR count). The van der Waals surface area contributed by atoms with E-state index in [0.717, 1.165) is 5.56 Å². The van der Waals surface area contributed by atoms with E-state index in [1.54, 1.807) is 6.92 Å². The van der Waals surface area contributed by atoms with Crippen LogP contribution in [0.2, 0.25) is 0 Å². The fourth-order valence-corrected chi connectivity index (χ4v) is 2.68. The van der Waals surface area contributed by atoms with Gasteiger partial charge in [0.15, 0.2) is 0 Å². The van der Waals surface area contributed by atoms with Gasteiger partial charge in [-0.15, -0.1) is 0 Å². The van der Waals surface area contributed by atoms with Gasteiger partial charge in [-0.2, -0.15) is 0 Å². The molecule has 1 saturated heterocycles. The Morgan fingerprint density at radius 2 is 2.10 bits per heavy atom. The van der Waals surface area contributed by atoms with Crippen LogP contribution in [0.4, 0.5) is 10.5 Å². The summed E-state index contributed by atoms with van der Waals surface area (Å²) in [5.41, 5.74) is 0.723. The molecule has 1 unspecified atom stereocenters. The predicted molar refractivity (Wildman–Crippen MR) is 81.5 cm³/mol. The van der Waals surface area contributed by atoms with Crippen molar-refractivity contribution in [2.75, 3.05) is 11.9 Å². The molecule has 1 aromatic rings. The molecule has 0 aliphatic carbocycles. The third kappa shape index (κ3) is 3.01. The Morgan fingerprint density at radius 1 is 1.38 bits per heavy atom. The van der Waals surface area contributed by atoms with Crippen molar-refractivity contribution in [1.82, 2.24) is 4.90 Å². The summed E-state index contributed by atoms with van der Waals surface area (Å²) in [6.07, 6.45) is 1.20. The molecule has 0 aromatic heterocycles. The number of carbonyl (C=O) groups excluding carboxylic acids is 1. The molecule has 1 atom stereocenters. The molecule has 2 amide bonds. The third-order valence-corrected chi connectivity index (χ3v) is 4.15. The van der Waals surface area contributed by atoms with Crippen LogP contribution in [0.25, 0.3) is 0 Å². The van der Waals surface area contributed by atoms with Gasteiger partial charge in [-0.25, -0.2) is 9.59 Å². The SMILES string of the molecule is CC(C)c1cccc(NC(=O)N2CCCC2(C)C(=O)O)c1. The molecule has 0 radical (unpaired) electrons. The number of carboxylic acid groups (broad SMARTS) is 1. The van der Waals surface area contributed by atoms with Gasteiger partial charge in [0, 0.05) is 12.2 Å². The minimum absolute atomic E-state index is 0.349. The second-order valence-corrected chi connectivity index (χ2v) is 6.04. The first-order valence-corrected chi connectivity index (χ1v) is 7.26. The lowest BCUT2D eigenvalue weighted by atomic mass is 10.00. The Labute approximate surface area is 125 Å². The van der Waals surface area contributed by atoms with E-state index in [0.29, 0.717) is 31.0 Å². The Balaban J connectivity index is 2.15. The van der Waals surface area contributed by atoms with Crippen LogP contribution in [0.1, 0.15) is 45.1 Å². The number of amides is 2. The highest BCUT2D eigenvalue weighted by Gasteiger charge is 2.46. The molecular formula is C16H22N2O3. The quantitative estimate of drug-likeness (QED) is 0.897. The number of benzene rings is 1. The van der Waals surface area contributed by atoms with Crippen LogP contribution in [0.5, 0.6) is 0 Å². The first kappa shape index (κ1) is 15.4. The monoisotopic (exact) mass is 290 g/mol. The van der Waals surface area contributed by atoms with E-state index < -0.39 is 11.5 Å². The summed E-state index contributed by atoms with van der Waals surface area (Å²) in [4.78, 5) is 25.2. The number of urea groups is 1. The van der Waals surface area contributed by atoms with Crippen LogP contribution in [-0.4, -0.2) is 34.1 Å². The maximum absolute atomic E-state index is 12.4. The molecule has 2 N–H and O–H groups in total. The summed E-state index contributed by atoms with van der Waals surface area (Å²) >= 11 is 0. The molecule has 0 saturated carbocycles. The Morgan fingerprint density at radius 3 is 2.71 bits per heavy atom. The van der Waals surface area contributed by atoms with Gasteiger partial charge >= 0.3 is 12.0 Å². The van der Waals surface area contributed by atoms with Gasteiger partial charge in [0.2, 0.25) is 0 Å². The van der Waals surface area contributed by atoms with Gasteiger partial charge in [-0.1, -0.05) is 26.0 Å². The zero-order chi connectivity index (χ0) is 15.6. The molecule has 114 valence electrons. The number of rotatable bonds is 3. The average molecular weight is 290 g/mol. The van der Waals surface area contributed by atoms with Gasteiger partial charge in [-0.05, 0) is 43.4 Å². The first-order chi connectivity index (χ1) is 9.84. The number of carboxylic acids is 1. The molecule has 1 aromatic carbocycles. The Kier molecular flexibility index (Phi) is 4.21. The average Bonchev–Trinajstić information content (AvgIpc) is 2.82. The molecule has 0 bridgehead atoms. The van der Waals surface area contributed by atoms with Crippen LogP contribution >= 0.6 is 0 Å². The number of hydrogen-bond donors (Lipinski definition) is 2. The second kappa shape index (κ2) is 5.76. The van der Waals surface area contributed by atoms with Crippen molar-refractivity contribution >= 4 is 17.7 Å². The minimum Gasteiger partial charge on any atom is -0.480 e. The predicted octanol–water partition coefficient (Wildman–Crippen LogP) is 3.28. The number of nitrogens with zero attached hydrogens (tertiary/aromatic N) is 1. The van der Waals surface area contributed by atoms with Gasteiger partial charge in [0.05, 0.1) is 0 Å². The molecule has 1 fully saturated rings. The summed E-state index contributed by atoms with van der Waals surface area (Å²) in [6, 6.07) is 7.30. The number of carbonyl (C=O) groups is 2. The van der Waals surface area contributed by atoms with Crippen LogP contribution < -0.4 is 5.32 Å². The number of anilines is 1. The molecular weight excluding hydrogens is 268 g/mol. The van der Waals surface area contributed by atoms with Crippen molar-refractivity contribution in [1.29, 1.82) is 0 Å². The molecule has 5 nitrogen and oxygen atoms in total. The third-order valence-electron chi connectivity index (χ3n) is 4.15. The van der Waals surface area contributed by atoms with E-state index in [2.05, 4.69) is 19.2 Å². The molecule has 0 spiro atoms. The maximum Gasteiger partial charge on any atom is 0.329 e. The molecule has 1 aliphatic heterocycles. The van der Waals surface area contributed by atoms with E-state index in [9.17, 15) is 14.7 Å². The van der Waals surface area contributed by atoms with Gasteiger partial charge in [-0.3, -0.25) is 0 Å². The van der Waals surface area contributed by atoms with Gasteiger partial charge in [0.1, 0.15) is 5.54 Å². The number of aliphatic carboxylic acids is 1. The normalized spacial score (nSPS) is 21.6. The lowest BCUT2D eigenvalue weighted by Gasteiger charge is -2.31. The lowest BCUT2D eigenvalue weighted by molar-refractivity contribution is -0.146. The van der Waals surface area contributed by atoms with Crippen molar-refractivity contribution in [2.24, 2.45) is 0 Å². The van der Waals surface area contributed by atoms with E-state index in [1.807, 2.05) is 24.3 Å². The van der Waals surface area contributed by atoms with Gasteiger partial charge < -0.3 is 15.3 Å². The summed E-state index contributed by atoms with van der Waals surface area (Å²) in [5, 5.41) is 12.2. The fraction of sp³-hybridized carbons (Fsp3) is 0.500. The Bertz CT molecular complexity index is 556. The first-order valence-electron chi connectivity index (χ1n) is 7.26. The van der Waals surface area contributed by atoms with Crippen LogP contribution in [0.3, 0.4) is 0 Å². The summed E-state index contributed by atoms with van der Waals surface area (Å²) < 4.78 is 0. The van der Waals surface area contributed by atoms with E-state index in [4.69, 9.17) is 0 Å². The summed E-state index contributed by atoms with van der Waals surface area (Å²) in [7, 11) is 0. The highest BCUT2D eigenvalue weighted by Crippen LogP contribution is 2.30. The van der Waals surface area contributed by atoms with Crippen molar-refractivity contribution < 1.29 is 14.7 Å². The number of likely N-dealkylation sites (tertiary alicyclic amines) is 1. The lowest BCUT2D eigenvalue weighted by Crippen LogP contribution is -2.52. The number of hydrogen-bond acceptors (Lipinski definition) is 2. The molecule has 21 heavy (non-hydrogen) atoms. The fourth-order valence-electron chi connectivity index (χ4n) is 2.68. The smallest absolute Gasteiger partial charge is 0.329 e. The van der Waals surface area contributed by atoms with E-state index in [1.165, 1.54) is 4.90 Å². The highest BCUT2D eigenvalue weighted by atomic mass is 16.4. The van der Waals surface area contributed by atoms with E-state index in [-0.39, 0.29) is 6.03 Å². The number of nitrogens with one attached hydrogen (secondary N) is 1. The summed E-state index contributed by atoms with van der Waals surface area (Å²) in [5.74, 6) is -0.580. The standard InChI is InChI=1S/C16H22N2O3/c1-11(2)12-6-4-7-13(10-12)17-15(21)18-9-5-8-16(18,3)14(19)20/h4,6-7,10-11H,5,8-9H2,1-3H3,(H,17,21)(H,19,20). The Hall–Kier alpha value is -2.04. The molecule has 1 heterocycles. The largest absolute Gasteiger partial charge is 0.480 e. The van der Waals surface area contributed by atoms with Gasteiger partial charge in [0.25, 0.3) is 0 Å². The van der Waals surface area contributed by atoms with Crippen LogP contribution in [-0.2, 0) is 4.79 Å². The van der Waals surface area contributed by atoms with Crippen LogP contribution in [0, 0.1) is 0 Å². The van der Waals surface area contributed by atoms with Crippen molar-refractivity contribution in [2.45, 2.75) is 45.1 Å². The highest BCUT2D eigenvalue weighted by molar-refractivity contribution is 5.94. The summed E-state index contributed by atoms with van der Waals surface area (Å²) in [6.45, 7) is 6.25. The second-order valence-electron chi connectivity index (χ2n) is 6.04. The van der Waals surface area contributed by atoms with Crippen molar-refractivity contribution in [3.8, 4) is 0 Å². The zero-order valence-corrected chi connectivity index (χ0v) is 12.7. The molecule has 1 aliphatic rings. The maximum atomic E-state index is 12.4. The van der Waals surface area contributed by atoms with Crippen molar-refractivity contribution in [3.05, 3.63) is 29.8 Å². The minimum atomic E-state index is -1.11. The van der Waals surface area contributed by atoms with Crippen molar-refractivity contribution in [3.63, 3.8) is 0 Å². The molecule has 5 heteroatoms.